The maximum absolute atomic E-state index is 11.6. The highest BCUT2D eigenvalue weighted by molar-refractivity contribution is 9.10. The summed E-state index contributed by atoms with van der Waals surface area (Å²) in [6, 6.07) is 3.52. The van der Waals surface area contributed by atoms with Crippen LogP contribution in [0.3, 0.4) is 0 Å². The molecule has 0 spiro atoms. The number of aliphatic hydroxyl groups excluding tert-OH is 1. The molecule has 0 radical (unpaired) electrons. The van der Waals surface area contributed by atoms with E-state index >= 15 is 0 Å². The number of carbonyl (C=O) groups excluding carboxylic acids is 1. The molecule has 1 heterocycles. The van der Waals surface area contributed by atoms with Crippen LogP contribution in [-0.4, -0.2) is 23.7 Å². The summed E-state index contributed by atoms with van der Waals surface area (Å²) in [4.78, 5) is 11.6. The van der Waals surface area contributed by atoms with Gasteiger partial charge in [0.1, 0.15) is 5.76 Å². The van der Waals surface area contributed by atoms with E-state index in [-0.39, 0.29) is 18.4 Å². The van der Waals surface area contributed by atoms with E-state index in [1.54, 1.807) is 18.2 Å². The summed E-state index contributed by atoms with van der Waals surface area (Å²) < 4.78 is 5.85. The number of amides is 1. The Bertz CT molecular complexity index is 424. The van der Waals surface area contributed by atoms with Crippen molar-refractivity contribution in [3.8, 4) is 0 Å². The monoisotopic (exact) mass is 329 g/mol. The molecule has 106 valence electrons. The second-order valence-electron chi connectivity index (χ2n) is 4.36. The molecule has 0 fully saturated rings. The van der Waals surface area contributed by atoms with Crippen molar-refractivity contribution in [2.24, 2.45) is 5.92 Å². The molecular formula is C14H20BrNO3. The summed E-state index contributed by atoms with van der Waals surface area (Å²) in [5, 5.41) is 12.6. The predicted molar refractivity (Wildman–Crippen MR) is 78.5 cm³/mol. The fraction of sp³-hybridized carbons (Fsp3) is 0.500. The number of hydrogen-bond acceptors (Lipinski definition) is 3. The van der Waals surface area contributed by atoms with Crippen molar-refractivity contribution in [2.45, 2.75) is 32.8 Å². The molecule has 1 amide bonds. The van der Waals surface area contributed by atoms with Gasteiger partial charge < -0.3 is 14.8 Å². The molecule has 0 aliphatic heterocycles. The molecule has 1 atom stereocenters. The van der Waals surface area contributed by atoms with E-state index in [2.05, 4.69) is 21.2 Å². The summed E-state index contributed by atoms with van der Waals surface area (Å²) in [6.45, 7) is 4.35. The van der Waals surface area contributed by atoms with Crippen molar-refractivity contribution >= 4 is 27.9 Å². The van der Waals surface area contributed by atoms with Crippen LogP contribution in [0.1, 0.15) is 32.4 Å². The van der Waals surface area contributed by atoms with Crippen LogP contribution in [0.25, 0.3) is 6.08 Å². The van der Waals surface area contributed by atoms with Crippen molar-refractivity contribution in [2.75, 3.05) is 6.54 Å². The Morgan fingerprint density at radius 2 is 2.16 bits per heavy atom. The smallest absolute Gasteiger partial charge is 0.244 e. The topological polar surface area (TPSA) is 62.5 Å². The minimum Gasteiger partial charge on any atom is -0.450 e. The van der Waals surface area contributed by atoms with E-state index in [1.165, 1.54) is 6.08 Å². The Balaban J connectivity index is 2.37. The van der Waals surface area contributed by atoms with Crippen LogP contribution in [0, 0.1) is 5.92 Å². The lowest BCUT2D eigenvalue weighted by Gasteiger charge is -2.19. The van der Waals surface area contributed by atoms with Gasteiger partial charge in [-0.15, -0.1) is 0 Å². The third-order valence-electron chi connectivity index (χ3n) is 3.07. The standard InChI is InChI=1S/C14H20BrNO3/c1-3-10(4-2)12(17)9-16-14(18)8-6-11-5-7-13(15)19-11/h5-8,10,12,17H,3-4,9H2,1-2H3,(H,16,18)/b8-6+. The van der Waals surface area contributed by atoms with Gasteiger partial charge in [-0.2, -0.15) is 0 Å². The Kier molecular flexibility index (Phi) is 6.87. The highest BCUT2D eigenvalue weighted by Crippen LogP contribution is 2.15. The minimum atomic E-state index is -0.495. The zero-order valence-corrected chi connectivity index (χ0v) is 12.8. The van der Waals surface area contributed by atoms with E-state index in [4.69, 9.17) is 4.42 Å². The van der Waals surface area contributed by atoms with Gasteiger partial charge in [-0.3, -0.25) is 4.79 Å². The van der Waals surface area contributed by atoms with E-state index in [9.17, 15) is 9.90 Å². The maximum Gasteiger partial charge on any atom is 0.244 e. The van der Waals surface area contributed by atoms with Crippen LogP contribution < -0.4 is 5.32 Å². The van der Waals surface area contributed by atoms with E-state index in [1.807, 2.05) is 13.8 Å². The highest BCUT2D eigenvalue weighted by atomic mass is 79.9. The summed E-state index contributed by atoms with van der Waals surface area (Å²) in [5.74, 6) is 0.588. The second kappa shape index (κ2) is 8.17. The lowest BCUT2D eigenvalue weighted by Crippen LogP contribution is -2.35. The first kappa shape index (κ1) is 16.0. The van der Waals surface area contributed by atoms with Gasteiger partial charge in [-0.1, -0.05) is 26.7 Å². The van der Waals surface area contributed by atoms with Gasteiger partial charge in [-0.05, 0) is 40.1 Å². The van der Waals surface area contributed by atoms with Crippen LogP contribution in [0.2, 0.25) is 0 Å². The molecule has 1 aromatic heterocycles. The predicted octanol–water partition coefficient (Wildman–Crippen LogP) is 2.97. The van der Waals surface area contributed by atoms with Crippen molar-refractivity contribution in [1.29, 1.82) is 0 Å². The Hall–Kier alpha value is -1.07. The summed E-state index contributed by atoms with van der Waals surface area (Å²) in [5.41, 5.74) is 0. The van der Waals surface area contributed by atoms with Crippen molar-refractivity contribution in [3.63, 3.8) is 0 Å². The highest BCUT2D eigenvalue weighted by Gasteiger charge is 2.15. The Morgan fingerprint density at radius 1 is 1.47 bits per heavy atom. The summed E-state index contributed by atoms with van der Waals surface area (Å²) in [6.07, 6.45) is 4.30. The molecule has 1 aromatic rings. The first-order valence-electron chi connectivity index (χ1n) is 6.46. The number of nitrogens with one attached hydrogen (secondary N) is 1. The van der Waals surface area contributed by atoms with Gasteiger partial charge in [0.05, 0.1) is 6.10 Å². The summed E-state index contributed by atoms with van der Waals surface area (Å²) >= 11 is 3.19. The molecule has 19 heavy (non-hydrogen) atoms. The average Bonchev–Trinajstić information content (AvgIpc) is 2.81. The maximum atomic E-state index is 11.6. The van der Waals surface area contributed by atoms with Crippen molar-refractivity contribution in [1.82, 2.24) is 5.32 Å². The van der Waals surface area contributed by atoms with Crippen molar-refractivity contribution < 1.29 is 14.3 Å². The number of carbonyl (C=O) groups is 1. The fourth-order valence-electron chi connectivity index (χ4n) is 1.84. The summed E-state index contributed by atoms with van der Waals surface area (Å²) in [7, 11) is 0. The number of halogens is 1. The van der Waals surface area contributed by atoms with Gasteiger partial charge in [0.2, 0.25) is 5.91 Å². The number of furan rings is 1. The SMILES string of the molecule is CCC(CC)C(O)CNC(=O)/C=C/c1ccc(Br)o1. The molecule has 5 heteroatoms. The van der Waals surface area contributed by atoms with Crippen LogP contribution in [0.5, 0.6) is 0 Å². The van der Waals surface area contributed by atoms with Gasteiger partial charge in [0, 0.05) is 12.6 Å². The molecule has 0 saturated heterocycles. The van der Waals surface area contributed by atoms with Crippen LogP contribution in [-0.2, 0) is 4.79 Å². The zero-order chi connectivity index (χ0) is 14.3. The molecule has 0 aliphatic carbocycles. The largest absolute Gasteiger partial charge is 0.450 e. The third kappa shape index (κ3) is 5.61. The number of rotatable bonds is 7. The van der Waals surface area contributed by atoms with E-state index < -0.39 is 6.10 Å². The van der Waals surface area contributed by atoms with Crippen LogP contribution in [0.15, 0.2) is 27.3 Å². The minimum absolute atomic E-state index is 0.227. The van der Waals surface area contributed by atoms with Crippen LogP contribution in [0.4, 0.5) is 0 Å². The first-order chi connectivity index (χ1) is 9.06. The third-order valence-corrected chi connectivity index (χ3v) is 3.50. The number of hydrogen-bond donors (Lipinski definition) is 2. The molecule has 0 bridgehead atoms. The molecule has 0 aliphatic rings. The first-order valence-corrected chi connectivity index (χ1v) is 7.25. The van der Waals surface area contributed by atoms with E-state index in [0.717, 1.165) is 12.8 Å². The van der Waals surface area contributed by atoms with Gasteiger partial charge >= 0.3 is 0 Å². The molecule has 1 rings (SSSR count). The second-order valence-corrected chi connectivity index (χ2v) is 5.15. The molecule has 0 aromatic carbocycles. The molecule has 1 unspecified atom stereocenters. The average molecular weight is 330 g/mol. The van der Waals surface area contributed by atoms with Crippen molar-refractivity contribution in [3.05, 3.63) is 28.6 Å². The van der Waals surface area contributed by atoms with Gasteiger partial charge in [0.25, 0.3) is 0 Å². The molecular weight excluding hydrogens is 310 g/mol. The molecule has 2 N–H and O–H groups in total. The van der Waals surface area contributed by atoms with E-state index in [0.29, 0.717) is 10.4 Å². The Morgan fingerprint density at radius 3 is 2.68 bits per heavy atom. The Labute approximate surface area is 122 Å². The lowest BCUT2D eigenvalue weighted by atomic mass is 9.96. The zero-order valence-electron chi connectivity index (χ0n) is 11.2. The normalized spacial score (nSPS) is 13.1. The quantitative estimate of drug-likeness (QED) is 0.756. The molecule has 0 saturated carbocycles. The lowest BCUT2D eigenvalue weighted by molar-refractivity contribution is -0.117. The fourth-order valence-corrected chi connectivity index (χ4v) is 2.16. The van der Waals surface area contributed by atoms with Crippen LogP contribution >= 0.6 is 15.9 Å². The molecule has 4 nitrogen and oxygen atoms in total. The van der Waals surface area contributed by atoms with Gasteiger partial charge in [-0.25, -0.2) is 0 Å². The number of aliphatic hydroxyl groups is 1. The van der Waals surface area contributed by atoms with Gasteiger partial charge in [0.15, 0.2) is 4.67 Å².